The molecule has 2 heterocycles. The second-order valence-corrected chi connectivity index (χ2v) is 6.57. The summed E-state index contributed by atoms with van der Waals surface area (Å²) in [5, 5.41) is 7.61. The Morgan fingerprint density at radius 3 is 2.78 bits per heavy atom. The summed E-state index contributed by atoms with van der Waals surface area (Å²) < 4.78 is 1.84. The van der Waals surface area contributed by atoms with Crippen molar-refractivity contribution in [2.45, 2.75) is 19.4 Å². The predicted octanol–water partition coefficient (Wildman–Crippen LogP) is 2.45. The van der Waals surface area contributed by atoms with Gasteiger partial charge in [0, 0.05) is 33.9 Å². The highest BCUT2D eigenvalue weighted by atomic mass is 15.3. The molecule has 2 N–H and O–H groups in total. The van der Waals surface area contributed by atoms with E-state index in [0.717, 1.165) is 42.4 Å². The molecule has 0 amide bonds. The molecule has 142 valence electrons. The first-order valence-corrected chi connectivity index (χ1v) is 9.14. The van der Waals surface area contributed by atoms with Crippen molar-refractivity contribution in [3.8, 4) is 11.3 Å². The molecule has 0 spiro atoms. The number of aromatic amines is 1. The van der Waals surface area contributed by atoms with Crippen LogP contribution in [0, 0.1) is 0 Å². The van der Waals surface area contributed by atoms with Crippen LogP contribution in [0.25, 0.3) is 11.3 Å². The summed E-state index contributed by atoms with van der Waals surface area (Å²) in [7, 11) is 5.76. The molecule has 0 saturated heterocycles. The fourth-order valence-corrected chi connectivity index (χ4v) is 2.99. The van der Waals surface area contributed by atoms with Gasteiger partial charge in [-0.25, -0.2) is 4.98 Å². The van der Waals surface area contributed by atoms with Gasteiger partial charge >= 0.3 is 0 Å². The summed E-state index contributed by atoms with van der Waals surface area (Å²) in [6.45, 7) is 1.52. The molecule has 7 nitrogen and oxygen atoms in total. The zero-order valence-corrected chi connectivity index (χ0v) is 16.2. The summed E-state index contributed by atoms with van der Waals surface area (Å²) in [6.07, 6.45) is 7.88. The van der Waals surface area contributed by atoms with E-state index in [1.165, 1.54) is 5.56 Å². The van der Waals surface area contributed by atoms with Crippen LogP contribution >= 0.6 is 0 Å². The van der Waals surface area contributed by atoms with Gasteiger partial charge in [-0.05, 0) is 24.0 Å². The highest BCUT2D eigenvalue weighted by Gasteiger charge is 2.09. The lowest BCUT2D eigenvalue weighted by Gasteiger charge is -2.21. The lowest BCUT2D eigenvalue weighted by atomic mass is 10.2. The first-order valence-electron chi connectivity index (χ1n) is 9.14. The Labute approximate surface area is 160 Å². The maximum Gasteiger partial charge on any atom is 0.193 e. The third-order valence-electron chi connectivity index (χ3n) is 4.36. The van der Waals surface area contributed by atoms with Crippen molar-refractivity contribution in [1.29, 1.82) is 0 Å². The molecule has 7 heteroatoms. The Bertz CT molecular complexity index is 863. The minimum absolute atomic E-state index is 0.662. The van der Waals surface area contributed by atoms with Gasteiger partial charge in [0.25, 0.3) is 0 Å². The minimum atomic E-state index is 0.662. The van der Waals surface area contributed by atoms with Gasteiger partial charge in [-0.3, -0.25) is 9.67 Å². The number of nitrogens with one attached hydrogen (secondary N) is 2. The summed E-state index contributed by atoms with van der Waals surface area (Å²) in [5.41, 5.74) is 3.42. The lowest BCUT2D eigenvalue weighted by molar-refractivity contribution is 0.463. The highest BCUT2D eigenvalue weighted by molar-refractivity contribution is 5.79. The largest absolute Gasteiger partial charge is 0.356 e. The van der Waals surface area contributed by atoms with Gasteiger partial charge in [0.05, 0.1) is 24.6 Å². The number of aryl methyl sites for hydroxylation is 2. The Kier molecular flexibility index (Phi) is 6.25. The number of aromatic nitrogens is 4. The maximum absolute atomic E-state index is 4.50. The van der Waals surface area contributed by atoms with Crippen LogP contribution in [-0.2, 0) is 20.0 Å². The van der Waals surface area contributed by atoms with Crippen molar-refractivity contribution in [3.05, 3.63) is 60.3 Å². The summed E-state index contributed by atoms with van der Waals surface area (Å²) in [5.74, 6) is 1.77. The fourth-order valence-electron chi connectivity index (χ4n) is 2.99. The molecule has 3 aromatic rings. The van der Waals surface area contributed by atoms with Crippen LogP contribution in [0.3, 0.4) is 0 Å². The molecular formula is C20H27N7. The van der Waals surface area contributed by atoms with E-state index in [9.17, 15) is 0 Å². The minimum Gasteiger partial charge on any atom is -0.356 e. The van der Waals surface area contributed by atoms with Crippen molar-refractivity contribution in [2.75, 3.05) is 20.6 Å². The summed E-state index contributed by atoms with van der Waals surface area (Å²) >= 11 is 0. The number of rotatable bonds is 7. The maximum atomic E-state index is 4.50. The van der Waals surface area contributed by atoms with Gasteiger partial charge in [0.1, 0.15) is 5.82 Å². The number of hydrogen-bond acceptors (Lipinski definition) is 3. The SMILES string of the molecule is CN=C(NCCCc1cnn(C)c1)N(C)Cc1ncc(-c2ccccc2)[nH]1. The van der Waals surface area contributed by atoms with E-state index in [2.05, 4.69) is 48.6 Å². The normalized spacial score (nSPS) is 11.6. The van der Waals surface area contributed by atoms with E-state index in [1.54, 1.807) is 7.05 Å². The van der Waals surface area contributed by atoms with Crippen LogP contribution in [-0.4, -0.2) is 51.2 Å². The zero-order chi connectivity index (χ0) is 19.1. The second-order valence-electron chi connectivity index (χ2n) is 6.57. The van der Waals surface area contributed by atoms with Gasteiger partial charge in [-0.1, -0.05) is 30.3 Å². The van der Waals surface area contributed by atoms with Crippen LogP contribution in [0.5, 0.6) is 0 Å². The van der Waals surface area contributed by atoms with Gasteiger partial charge in [0.15, 0.2) is 5.96 Å². The molecular weight excluding hydrogens is 338 g/mol. The standard InChI is InChI=1S/C20H27N7/c1-21-20(22-11-7-8-16-12-24-27(3)14-16)26(2)15-19-23-13-18(25-19)17-9-5-4-6-10-17/h4-6,9-10,12-14H,7-8,11,15H2,1-3H3,(H,21,22)(H,23,25). The molecule has 0 aliphatic rings. The molecule has 0 radical (unpaired) electrons. The molecule has 0 aliphatic carbocycles. The summed E-state index contributed by atoms with van der Waals surface area (Å²) in [4.78, 5) is 14.3. The Morgan fingerprint density at radius 1 is 1.26 bits per heavy atom. The number of H-pyrrole nitrogens is 1. The molecule has 27 heavy (non-hydrogen) atoms. The molecule has 0 bridgehead atoms. The van der Waals surface area contributed by atoms with Gasteiger partial charge in [-0.2, -0.15) is 5.10 Å². The zero-order valence-electron chi connectivity index (χ0n) is 16.2. The van der Waals surface area contributed by atoms with Crippen LogP contribution < -0.4 is 5.32 Å². The average Bonchev–Trinajstić information content (AvgIpc) is 3.31. The van der Waals surface area contributed by atoms with E-state index in [1.807, 2.05) is 49.4 Å². The summed E-state index contributed by atoms with van der Waals surface area (Å²) in [6, 6.07) is 10.2. The number of guanidine groups is 1. The molecule has 1 aromatic carbocycles. The molecule has 2 aromatic heterocycles. The lowest BCUT2D eigenvalue weighted by Crippen LogP contribution is -2.39. The van der Waals surface area contributed by atoms with Crippen molar-refractivity contribution in [2.24, 2.45) is 12.0 Å². The molecule has 3 rings (SSSR count). The molecule has 0 aliphatic heterocycles. The van der Waals surface area contributed by atoms with Crippen LogP contribution in [0.4, 0.5) is 0 Å². The number of hydrogen-bond donors (Lipinski definition) is 2. The molecule has 0 atom stereocenters. The van der Waals surface area contributed by atoms with Crippen LogP contribution in [0.15, 0.2) is 53.9 Å². The second kappa shape index (κ2) is 9.02. The third-order valence-corrected chi connectivity index (χ3v) is 4.36. The van der Waals surface area contributed by atoms with Crippen molar-refractivity contribution in [1.82, 2.24) is 30.0 Å². The molecule has 0 saturated carbocycles. The number of imidazole rings is 1. The van der Waals surface area contributed by atoms with E-state index < -0.39 is 0 Å². The first kappa shape index (κ1) is 18.7. The van der Waals surface area contributed by atoms with E-state index in [4.69, 9.17) is 0 Å². The average molecular weight is 365 g/mol. The van der Waals surface area contributed by atoms with E-state index in [0.29, 0.717) is 6.54 Å². The Balaban J connectivity index is 1.48. The Hall–Kier alpha value is -3.09. The topological polar surface area (TPSA) is 74.1 Å². The smallest absolute Gasteiger partial charge is 0.193 e. The van der Waals surface area contributed by atoms with Crippen molar-refractivity contribution >= 4 is 5.96 Å². The third kappa shape index (κ3) is 5.20. The van der Waals surface area contributed by atoms with Crippen molar-refractivity contribution < 1.29 is 0 Å². The van der Waals surface area contributed by atoms with E-state index >= 15 is 0 Å². The van der Waals surface area contributed by atoms with Gasteiger partial charge < -0.3 is 15.2 Å². The first-order chi connectivity index (χ1) is 13.2. The van der Waals surface area contributed by atoms with Crippen molar-refractivity contribution in [3.63, 3.8) is 0 Å². The number of aliphatic imine (C=N–C) groups is 1. The number of nitrogens with zero attached hydrogens (tertiary/aromatic N) is 5. The van der Waals surface area contributed by atoms with Gasteiger partial charge in [-0.15, -0.1) is 0 Å². The fraction of sp³-hybridized carbons (Fsp3) is 0.350. The van der Waals surface area contributed by atoms with E-state index in [-0.39, 0.29) is 0 Å². The monoisotopic (exact) mass is 365 g/mol. The quantitative estimate of drug-likeness (QED) is 0.383. The molecule has 0 fully saturated rings. The van der Waals surface area contributed by atoms with Crippen LogP contribution in [0.2, 0.25) is 0 Å². The molecule has 0 unspecified atom stereocenters. The Morgan fingerprint density at radius 2 is 2.07 bits per heavy atom. The van der Waals surface area contributed by atoms with Crippen LogP contribution in [0.1, 0.15) is 17.8 Å². The predicted molar refractivity (Wildman–Crippen MR) is 108 cm³/mol. The highest BCUT2D eigenvalue weighted by Crippen LogP contribution is 2.16. The van der Waals surface area contributed by atoms with Gasteiger partial charge in [0.2, 0.25) is 0 Å². The number of benzene rings is 1.